The number of aliphatic hydroxyl groups excluding tert-OH is 1. The van der Waals surface area contributed by atoms with Crippen molar-refractivity contribution in [2.24, 2.45) is 5.16 Å². The molecule has 0 spiro atoms. The number of carbonyl (C=O) groups excluding carboxylic acids is 1. The normalized spacial score (nSPS) is 13.3. The van der Waals surface area contributed by atoms with E-state index in [0.29, 0.717) is 11.3 Å². The highest BCUT2D eigenvalue weighted by atomic mass is 32.2. The first-order valence-corrected chi connectivity index (χ1v) is 11.3. The summed E-state index contributed by atoms with van der Waals surface area (Å²) in [6, 6.07) is 5.44. The summed E-state index contributed by atoms with van der Waals surface area (Å²) in [5.74, 6) is -0.743. The Hall–Kier alpha value is -2.45. The average Bonchev–Trinajstić information content (AvgIpc) is 3.16. The van der Waals surface area contributed by atoms with Gasteiger partial charge in [-0.15, -0.1) is 0 Å². The lowest BCUT2D eigenvalue weighted by Gasteiger charge is -2.17. The van der Waals surface area contributed by atoms with Crippen LogP contribution in [-0.2, 0) is 24.4 Å². The van der Waals surface area contributed by atoms with E-state index >= 15 is 0 Å². The maximum atomic E-state index is 13.2. The zero-order chi connectivity index (χ0) is 23.0. The van der Waals surface area contributed by atoms with Crippen LogP contribution in [0.4, 0.5) is 9.52 Å². The van der Waals surface area contributed by atoms with E-state index in [1.54, 1.807) is 6.92 Å². The second kappa shape index (κ2) is 11.2. The molecule has 170 valence electrons. The highest BCUT2D eigenvalue weighted by Gasteiger charge is 2.22. The van der Waals surface area contributed by atoms with Crippen molar-refractivity contribution in [2.75, 3.05) is 39.2 Å². The molecule has 1 amide bonds. The van der Waals surface area contributed by atoms with Crippen molar-refractivity contribution in [1.29, 1.82) is 0 Å². The smallest absolute Gasteiger partial charge is 0.280 e. The van der Waals surface area contributed by atoms with Crippen molar-refractivity contribution < 1.29 is 32.3 Å². The minimum atomic E-state index is -3.75. The van der Waals surface area contributed by atoms with Gasteiger partial charge in [0.15, 0.2) is 16.0 Å². The number of oxime groups is 1. The van der Waals surface area contributed by atoms with Crippen LogP contribution in [0.25, 0.3) is 0 Å². The number of thiazole rings is 1. The number of benzene rings is 1. The van der Waals surface area contributed by atoms with Crippen LogP contribution < -0.4 is 5.32 Å². The molecule has 1 aromatic carbocycles. The molecule has 0 saturated heterocycles. The van der Waals surface area contributed by atoms with Gasteiger partial charge in [0.05, 0.1) is 24.3 Å². The minimum Gasteiger partial charge on any atom is -0.392 e. The van der Waals surface area contributed by atoms with E-state index in [-0.39, 0.29) is 41.1 Å². The molecule has 2 N–H and O–H groups in total. The Balaban J connectivity index is 2.30. The number of aromatic nitrogens is 1. The number of hydrogen-bond acceptors (Lipinski definition) is 9. The molecule has 10 nitrogen and oxygen atoms in total. The topological polar surface area (TPSA) is 130 Å². The van der Waals surface area contributed by atoms with E-state index in [1.165, 1.54) is 38.4 Å². The van der Waals surface area contributed by atoms with Crippen LogP contribution in [-0.4, -0.2) is 74.5 Å². The number of methoxy groups -OCH3 is 1. The fraction of sp³-hybridized carbons (Fsp3) is 0.389. The van der Waals surface area contributed by atoms with Gasteiger partial charge in [-0.3, -0.25) is 10.1 Å². The third-order valence-electron chi connectivity index (χ3n) is 3.94. The largest absolute Gasteiger partial charge is 0.392 e. The van der Waals surface area contributed by atoms with Gasteiger partial charge in [-0.05, 0) is 19.1 Å². The van der Waals surface area contributed by atoms with Gasteiger partial charge in [0.2, 0.25) is 10.0 Å². The summed E-state index contributed by atoms with van der Waals surface area (Å²) < 4.78 is 44.4. The number of sulfonamides is 1. The summed E-state index contributed by atoms with van der Waals surface area (Å²) in [7, 11) is -0.847. The third kappa shape index (κ3) is 6.77. The number of likely N-dealkylation sites (N-methyl/N-ethyl adjacent to an activating group) is 1. The quantitative estimate of drug-likeness (QED) is 0.371. The van der Waals surface area contributed by atoms with Crippen molar-refractivity contribution in [1.82, 2.24) is 9.29 Å². The minimum absolute atomic E-state index is 0.0150. The van der Waals surface area contributed by atoms with Crippen LogP contribution in [0.15, 0.2) is 40.5 Å². The molecule has 0 fully saturated rings. The molecule has 1 heterocycles. The molecule has 0 aliphatic rings. The summed E-state index contributed by atoms with van der Waals surface area (Å²) in [5.41, 5.74) is 0.0470. The number of nitrogens with one attached hydrogen (secondary N) is 1. The molecule has 0 unspecified atom stereocenters. The number of carbonyl (C=O) groups is 1. The van der Waals surface area contributed by atoms with E-state index in [2.05, 4.69) is 15.5 Å². The molecule has 0 bridgehead atoms. The second-order valence-corrected chi connectivity index (χ2v) is 9.33. The average molecular weight is 475 g/mol. The molecule has 1 aromatic heterocycles. The Kier molecular flexibility index (Phi) is 9.00. The Morgan fingerprint density at radius 1 is 1.39 bits per heavy atom. The first-order valence-electron chi connectivity index (χ1n) is 9.02. The van der Waals surface area contributed by atoms with Crippen molar-refractivity contribution >= 4 is 38.1 Å². The molecule has 0 radical (unpaired) electrons. The first kappa shape index (κ1) is 24.8. The zero-order valence-electron chi connectivity index (χ0n) is 17.1. The molecule has 13 heteroatoms. The lowest BCUT2D eigenvalue weighted by molar-refractivity contribution is -0.110. The van der Waals surface area contributed by atoms with E-state index < -0.39 is 27.2 Å². The Labute approximate surface area is 183 Å². The van der Waals surface area contributed by atoms with E-state index in [1.807, 2.05) is 0 Å². The number of rotatable bonds is 11. The Morgan fingerprint density at radius 3 is 2.61 bits per heavy atom. The second-order valence-electron chi connectivity index (χ2n) is 6.31. The molecule has 2 aromatic rings. The van der Waals surface area contributed by atoms with Gasteiger partial charge < -0.3 is 14.7 Å². The fourth-order valence-electron chi connectivity index (χ4n) is 2.17. The van der Waals surface area contributed by atoms with Crippen LogP contribution in [0, 0.1) is 5.13 Å². The molecule has 1 atom stereocenters. The molecule has 0 saturated carbocycles. The van der Waals surface area contributed by atoms with E-state index in [9.17, 15) is 17.6 Å². The highest BCUT2D eigenvalue weighted by Crippen LogP contribution is 2.18. The maximum Gasteiger partial charge on any atom is 0.280 e. The number of aliphatic hydroxyl groups is 1. The van der Waals surface area contributed by atoms with Crippen LogP contribution in [0.2, 0.25) is 0 Å². The number of hydrogen-bond donors (Lipinski definition) is 2. The molecule has 0 aliphatic heterocycles. The zero-order valence-corrected chi connectivity index (χ0v) is 18.7. The third-order valence-corrected chi connectivity index (χ3v) is 6.51. The number of nitrogens with zero attached hydrogens (tertiary/aromatic N) is 3. The van der Waals surface area contributed by atoms with Gasteiger partial charge in [0, 0.05) is 26.3 Å². The molecular weight excluding hydrogens is 451 g/mol. The van der Waals surface area contributed by atoms with Crippen LogP contribution in [0.3, 0.4) is 0 Å². The molecular formula is C18H23FN4O6S2. The summed E-state index contributed by atoms with van der Waals surface area (Å²) in [6.45, 7) is 1.62. The first-order chi connectivity index (χ1) is 14.7. The summed E-state index contributed by atoms with van der Waals surface area (Å²) in [6.07, 6.45) is 0.274. The van der Waals surface area contributed by atoms with Crippen LogP contribution in [0.5, 0.6) is 0 Å². The van der Waals surface area contributed by atoms with Gasteiger partial charge in [-0.1, -0.05) is 28.6 Å². The lowest BCUT2D eigenvalue weighted by atomic mass is 10.1. The summed E-state index contributed by atoms with van der Waals surface area (Å²) >= 11 is 0.632. The van der Waals surface area contributed by atoms with Crippen molar-refractivity contribution in [3.05, 3.63) is 41.2 Å². The number of anilines is 1. The van der Waals surface area contributed by atoms with Crippen LogP contribution in [0.1, 0.15) is 12.5 Å². The summed E-state index contributed by atoms with van der Waals surface area (Å²) in [5, 5.41) is 14.7. The SMILES string of the molecule is COCCN(C)S(=O)(=O)c1ccc(/C(=N\O[C@H](C)CO)C(=O)Nc2ncc(F)s2)cc1. The number of halogens is 1. The van der Waals surface area contributed by atoms with E-state index in [0.717, 1.165) is 10.5 Å². The van der Waals surface area contributed by atoms with Gasteiger partial charge in [-0.2, -0.15) is 8.70 Å². The molecule has 31 heavy (non-hydrogen) atoms. The lowest BCUT2D eigenvalue weighted by Crippen LogP contribution is -2.30. The van der Waals surface area contributed by atoms with Gasteiger partial charge in [-0.25, -0.2) is 13.4 Å². The Bertz CT molecular complexity index is 1010. The standard InChI is InChI=1S/C18H23FN4O6S2/c1-12(11-24)29-22-16(17(25)21-18-20-10-15(19)30-18)13-4-6-14(7-5-13)31(26,27)23(2)8-9-28-3/h4-7,10,12,24H,8-9,11H2,1-3H3,(H,20,21,25)/b22-16+/t12-/m1/s1. The van der Waals surface area contributed by atoms with Gasteiger partial charge >= 0.3 is 0 Å². The monoisotopic (exact) mass is 474 g/mol. The predicted octanol–water partition coefficient (Wildman–Crippen LogP) is 1.29. The van der Waals surface area contributed by atoms with Crippen molar-refractivity contribution in [3.63, 3.8) is 0 Å². The Morgan fingerprint density at radius 2 is 2.06 bits per heavy atom. The molecule has 0 aliphatic carbocycles. The summed E-state index contributed by atoms with van der Waals surface area (Å²) in [4.78, 5) is 21.5. The van der Waals surface area contributed by atoms with Gasteiger partial charge in [0.25, 0.3) is 5.91 Å². The maximum absolute atomic E-state index is 13.2. The number of ether oxygens (including phenoxy) is 1. The fourth-order valence-corrected chi connectivity index (χ4v) is 3.87. The van der Waals surface area contributed by atoms with Crippen molar-refractivity contribution in [3.8, 4) is 0 Å². The molecule has 2 rings (SSSR count). The van der Waals surface area contributed by atoms with Gasteiger partial charge in [0.1, 0.15) is 6.10 Å². The van der Waals surface area contributed by atoms with Crippen LogP contribution >= 0.6 is 11.3 Å². The number of amides is 1. The predicted molar refractivity (Wildman–Crippen MR) is 113 cm³/mol. The highest BCUT2D eigenvalue weighted by molar-refractivity contribution is 7.89. The van der Waals surface area contributed by atoms with E-state index in [4.69, 9.17) is 14.7 Å². The van der Waals surface area contributed by atoms with Crippen molar-refractivity contribution in [2.45, 2.75) is 17.9 Å².